The van der Waals surface area contributed by atoms with Crippen molar-refractivity contribution in [3.63, 3.8) is 0 Å². The zero-order valence-electron chi connectivity index (χ0n) is 14.7. The Bertz CT molecular complexity index is 716. The van der Waals surface area contributed by atoms with E-state index in [9.17, 15) is 9.90 Å². The highest BCUT2D eigenvalue weighted by atomic mass is 16.5. The molecule has 1 aromatic heterocycles. The van der Waals surface area contributed by atoms with E-state index in [-0.39, 0.29) is 24.1 Å². The van der Waals surface area contributed by atoms with Crippen molar-refractivity contribution in [1.29, 1.82) is 0 Å². The van der Waals surface area contributed by atoms with Crippen LogP contribution in [0.5, 0.6) is 5.75 Å². The van der Waals surface area contributed by atoms with E-state index < -0.39 is 6.10 Å². The predicted molar refractivity (Wildman–Crippen MR) is 93.4 cm³/mol. The van der Waals surface area contributed by atoms with Gasteiger partial charge in [-0.25, -0.2) is 0 Å². The number of carbonyl (C=O) groups is 1. The summed E-state index contributed by atoms with van der Waals surface area (Å²) < 4.78 is 7.53. The molecule has 25 heavy (non-hydrogen) atoms. The lowest BCUT2D eigenvalue weighted by molar-refractivity contribution is 0.0210. The highest BCUT2D eigenvalue weighted by Crippen LogP contribution is 2.28. The summed E-state index contributed by atoms with van der Waals surface area (Å²) >= 11 is 0. The van der Waals surface area contributed by atoms with Crippen LogP contribution in [0.4, 0.5) is 0 Å². The number of hydrogen-bond acceptors (Lipinski definition) is 5. The first-order valence-electron chi connectivity index (χ1n) is 8.31. The van der Waals surface area contributed by atoms with Gasteiger partial charge in [-0.3, -0.25) is 9.48 Å². The molecule has 1 aliphatic rings. The van der Waals surface area contributed by atoms with Crippen molar-refractivity contribution < 1.29 is 14.6 Å². The van der Waals surface area contributed by atoms with Crippen molar-refractivity contribution in [3.05, 3.63) is 48.3 Å². The van der Waals surface area contributed by atoms with Gasteiger partial charge in [0.1, 0.15) is 18.0 Å². The molecule has 1 aliphatic carbocycles. The van der Waals surface area contributed by atoms with Crippen LogP contribution in [-0.4, -0.2) is 64.1 Å². The number of aliphatic hydroxyl groups excluding tert-OH is 1. The van der Waals surface area contributed by atoms with E-state index in [1.54, 1.807) is 17.9 Å². The van der Waals surface area contributed by atoms with E-state index >= 15 is 0 Å². The Kier molecular flexibility index (Phi) is 5.06. The molecule has 3 rings (SSSR count). The summed E-state index contributed by atoms with van der Waals surface area (Å²) in [6.07, 6.45) is 2.65. The summed E-state index contributed by atoms with van der Waals surface area (Å²) in [5, 5.41) is 17.7. The van der Waals surface area contributed by atoms with Crippen LogP contribution in [0.25, 0.3) is 0 Å². The molecule has 0 radical (unpaired) electrons. The average molecular weight is 344 g/mol. The fraction of sp³-hybridized carbons (Fsp3) is 0.444. The molecule has 7 nitrogen and oxygen atoms in total. The number of nitrogens with zero attached hydrogens (tertiary/aromatic N) is 3. The van der Waals surface area contributed by atoms with Crippen molar-refractivity contribution in [3.8, 4) is 5.75 Å². The molecule has 1 aromatic carbocycles. The molecule has 0 unspecified atom stereocenters. The highest BCUT2D eigenvalue weighted by molar-refractivity contribution is 5.93. The first-order chi connectivity index (χ1) is 12.0. The van der Waals surface area contributed by atoms with E-state index in [4.69, 9.17) is 4.74 Å². The predicted octanol–water partition coefficient (Wildman–Crippen LogP) is 0.661. The van der Waals surface area contributed by atoms with Gasteiger partial charge in [-0.2, -0.15) is 5.10 Å². The molecule has 1 fully saturated rings. The van der Waals surface area contributed by atoms with Gasteiger partial charge in [-0.15, -0.1) is 0 Å². The van der Waals surface area contributed by atoms with Gasteiger partial charge >= 0.3 is 0 Å². The topological polar surface area (TPSA) is 79.6 Å². The second-order valence-corrected chi connectivity index (χ2v) is 6.63. The Balaban J connectivity index is 1.72. The maximum Gasteiger partial charge on any atom is 0.254 e. The van der Waals surface area contributed by atoms with E-state index in [2.05, 4.69) is 10.4 Å². The van der Waals surface area contributed by atoms with Crippen LogP contribution >= 0.6 is 0 Å². The lowest BCUT2D eigenvalue weighted by Crippen LogP contribution is -2.50. The SMILES string of the molecule is CN(C)[C@@H]1[C@@H](O)[C@H](Oc2ccccc2)C[C@H]1NC(=O)c1cnn(C)c1. The molecule has 1 saturated carbocycles. The van der Waals surface area contributed by atoms with Crippen molar-refractivity contribution >= 4 is 5.91 Å². The number of rotatable bonds is 5. The zero-order valence-corrected chi connectivity index (χ0v) is 14.7. The van der Waals surface area contributed by atoms with Gasteiger partial charge in [0.2, 0.25) is 0 Å². The van der Waals surface area contributed by atoms with Crippen LogP contribution in [0, 0.1) is 0 Å². The molecular weight excluding hydrogens is 320 g/mol. The lowest BCUT2D eigenvalue weighted by atomic mass is 10.1. The molecule has 1 amide bonds. The van der Waals surface area contributed by atoms with Gasteiger partial charge in [-0.1, -0.05) is 18.2 Å². The van der Waals surface area contributed by atoms with Crippen molar-refractivity contribution in [2.24, 2.45) is 7.05 Å². The number of amides is 1. The monoisotopic (exact) mass is 344 g/mol. The quantitative estimate of drug-likeness (QED) is 0.833. The molecule has 1 heterocycles. The fourth-order valence-electron chi connectivity index (χ4n) is 3.38. The summed E-state index contributed by atoms with van der Waals surface area (Å²) in [5.41, 5.74) is 0.502. The van der Waals surface area contributed by atoms with Gasteiger partial charge in [0, 0.05) is 19.7 Å². The van der Waals surface area contributed by atoms with Crippen LogP contribution < -0.4 is 10.1 Å². The van der Waals surface area contributed by atoms with E-state index in [0.717, 1.165) is 0 Å². The summed E-state index contributed by atoms with van der Waals surface area (Å²) in [6.45, 7) is 0. The third-order valence-electron chi connectivity index (χ3n) is 4.54. The third kappa shape index (κ3) is 3.83. The molecule has 7 heteroatoms. The Labute approximate surface area is 147 Å². The number of para-hydroxylation sites is 1. The number of aliphatic hydroxyl groups is 1. The van der Waals surface area contributed by atoms with Gasteiger partial charge in [-0.05, 0) is 26.2 Å². The minimum Gasteiger partial charge on any atom is -0.488 e. The molecule has 4 atom stereocenters. The molecule has 0 saturated heterocycles. The third-order valence-corrected chi connectivity index (χ3v) is 4.54. The highest BCUT2D eigenvalue weighted by Gasteiger charge is 2.45. The molecule has 2 N–H and O–H groups in total. The minimum atomic E-state index is -0.700. The van der Waals surface area contributed by atoms with E-state index in [1.165, 1.54) is 6.20 Å². The standard InChI is InChI=1S/C18H24N4O3/c1-21(2)16-14(20-18(24)12-10-19-22(3)11-12)9-15(17(16)23)25-13-7-5-4-6-8-13/h4-8,10-11,14-17,23H,9H2,1-3H3,(H,20,24)/t14-,15-,16+,17+/m1/s1. The Morgan fingerprint density at radius 2 is 2.08 bits per heavy atom. The second-order valence-electron chi connectivity index (χ2n) is 6.63. The van der Waals surface area contributed by atoms with Crippen LogP contribution in [0.1, 0.15) is 16.8 Å². The smallest absolute Gasteiger partial charge is 0.254 e. The Hall–Kier alpha value is -2.38. The molecule has 0 spiro atoms. The Morgan fingerprint density at radius 3 is 2.68 bits per heavy atom. The first kappa shape index (κ1) is 17.4. The van der Waals surface area contributed by atoms with Crippen LogP contribution in [0.3, 0.4) is 0 Å². The fourth-order valence-corrected chi connectivity index (χ4v) is 3.38. The summed E-state index contributed by atoms with van der Waals surface area (Å²) in [7, 11) is 5.55. The Morgan fingerprint density at radius 1 is 1.36 bits per heavy atom. The first-order valence-corrected chi connectivity index (χ1v) is 8.31. The van der Waals surface area contributed by atoms with Crippen molar-refractivity contribution in [2.75, 3.05) is 14.1 Å². The van der Waals surface area contributed by atoms with Crippen LogP contribution in [0.2, 0.25) is 0 Å². The number of hydrogen-bond donors (Lipinski definition) is 2. The largest absolute Gasteiger partial charge is 0.488 e. The molecule has 0 aliphatic heterocycles. The number of likely N-dealkylation sites (N-methyl/N-ethyl adjacent to an activating group) is 1. The second kappa shape index (κ2) is 7.25. The van der Waals surface area contributed by atoms with Gasteiger partial charge in [0.25, 0.3) is 5.91 Å². The average Bonchev–Trinajstić information content (AvgIpc) is 3.13. The number of ether oxygens (including phenoxy) is 1. The number of nitrogens with one attached hydrogen (secondary N) is 1. The number of aryl methyl sites for hydroxylation is 1. The maximum atomic E-state index is 12.4. The van der Waals surface area contributed by atoms with E-state index in [1.807, 2.05) is 49.3 Å². The van der Waals surface area contributed by atoms with Gasteiger partial charge < -0.3 is 20.1 Å². The number of benzene rings is 1. The number of aromatic nitrogens is 2. The lowest BCUT2D eigenvalue weighted by Gasteiger charge is -2.29. The summed E-state index contributed by atoms with van der Waals surface area (Å²) in [5.74, 6) is 0.515. The summed E-state index contributed by atoms with van der Waals surface area (Å²) in [6, 6.07) is 8.97. The van der Waals surface area contributed by atoms with Crippen LogP contribution in [-0.2, 0) is 7.05 Å². The van der Waals surface area contributed by atoms with Crippen LogP contribution in [0.15, 0.2) is 42.7 Å². The van der Waals surface area contributed by atoms with Crippen molar-refractivity contribution in [2.45, 2.75) is 30.7 Å². The zero-order chi connectivity index (χ0) is 18.0. The molecule has 134 valence electrons. The molecule has 2 aromatic rings. The summed E-state index contributed by atoms with van der Waals surface area (Å²) in [4.78, 5) is 14.4. The van der Waals surface area contributed by atoms with Crippen molar-refractivity contribution in [1.82, 2.24) is 20.0 Å². The minimum absolute atomic E-state index is 0.197. The van der Waals surface area contributed by atoms with Gasteiger partial charge in [0.05, 0.1) is 23.8 Å². The molecular formula is C18H24N4O3. The maximum absolute atomic E-state index is 12.4. The normalized spacial score (nSPS) is 26.0. The van der Waals surface area contributed by atoms with Gasteiger partial charge in [0.15, 0.2) is 0 Å². The van der Waals surface area contributed by atoms with E-state index in [0.29, 0.717) is 17.7 Å². The number of carbonyl (C=O) groups excluding carboxylic acids is 1. The molecule has 0 bridgehead atoms.